The first-order chi connectivity index (χ1) is 24.3. The van der Waals surface area contributed by atoms with Crippen LogP contribution in [0, 0.1) is 0 Å². The van der Waals surface area contributed by atoms with Crippen molar-refractivity contribution in [2.24, 2.45) is 4.99 Å². The zero-order chi connectivity index (χ0) is 32.6. The van der Waals surface area contributed by atoms with Crippen molar-refractivity contribution in [1.82, 2.24) is 4.98 Å². The van der Waals surface area contributed by atoms with Gasteiger partial charge in [-0.2, -0.15) is 0 Å². The predicted octanol–water partition coefficient (Wildman–Crippen LogP) is 10.4. The fraction of sp³-hybridized carbons (Fsp3) is 0.0435. The number of rotatable bonds is 5. The largest absolute Gasteiger partial charge is 0.279 e. The highest BCUT2D eigenvalue weighted by molar-refractivity contribution is 6.14. The van der Waals surface area contributed by atoms with Crippen LogP contribution in [0.4, 0.5) is 11.5 Å². The Labute approximate surface area is 285 Å². The fourth-order valence-electron chi connectivity index (χ4n) is 7.44. The molecule has 1 aliphatic heterocycles. The Balaban J connectivity index is 1.45. The van der Waals surface area contributed by atoms with Gasteiger partial charge >= 0.3 is 0 Å². The molecule has 0 amide bonds. The summed E-state index contributed by atoms with van der Waals surface area (Å²) in [5.41, 5.74) is 5.97. The van der Waals surface area contributed by atoms with E-state index in [-0.39, 0.29) is 0 Å². The normalized spacial score (nSPS) is 13.8. The molecule has 0 atom stereocenters. The number of pyridine rings is 1. The SMILES string of the molecule is C1=CCC=C(N(c2ccc3c(-c4cccc5ccccc45)c4c(c(-c5cccc6ccccc56)c3c2)=CCC=CC=4)c2ccccn2)N=C1. The molecule has 6 aromatic carbocycles. The minimum absolute atomic E-state index is 0.796. The maximum Gasteiger partial charge on any atom is 0.138 e. The van der Waals surface area contributed by atoms with E-state index in [1.165, 1.54) is 65.0 Å². The van der Waals surface area contributed by atoms with Gasteiger partial charge < -0.3 is 0 Å². The van der Waals surface area contributed by atoms with E-state index >= 15 is 0 Å². The first kappa shape index (κ1) is 28.9. The summed E-state index contributed by atoms with van der Waals surface area (Å²) >= 11 is 0. The minimum Gasteiger partial charge on any atom is -0.279 e. The monoisotopic (exact) mass is 627 g/mol. The lowest BCUT2D eigenvalue weighted by atomic mass is 9.85. The lowest BCUT2D eigenvalue weighted by Gasteiger charge is -2.25. The number of benzene rings is 6. The maximum absolute atomic E-state index is 4.88. The topological polar surface area (TPSA) is 28.5 Å². The van der Waals surface area contributed by atoms with E-state index in [1.54, 1.807) is 0 Å². The summed E-state index contributed by atoms with van der Waals surface area (Å²) in [6.45, 7) is 0. The van der Waals surface area contributed by atoms with Crippen molar-refractivity contribution in [3.63, 3.8) is 0 Å². The Bertz CT molecular complexity index is 2650. The molecule has 3 nitrogen and oxygen atoms in total. The average molecular weight is 628 g/mol. The number of allylic oxidation sites excluding steroid dienone is 5. The molecule has 1 aromatic heterocycles. The number of nitrogens with zero attached hydrogens (tertiary/aromatic N) is 3. The predicted molar refractivity (Wildman–Crippen MR) is 208 cm³/mol. The number of hydrogen-bond acceptors (Lipinski definition) is 3. The van der Waals surface area contributed by atoms with Crippen LogP contribution in [0.5, 0.6) is 0 Å². The van der Waals surface area contributed by atoms with Crippen LogP contribution in [-0.2, 0) is 0 Å². The second-order valence-corrected chi connectivity index (χ2v) is 12.4. The van der Waals surface area contributed by atoms with Crippen molar-refractivity contribution in [3.8, 4) is 22.3 Å². The average Bonchev–Trinajstić information content (AvgIpc) is 3.58. The van der Waals surface area contributed by atoms with Gasteiger partial charge in [0.25, 0.3) is 0 Å². The van der Waals surface area contributed by atoms with E-state index in [2.05, 4.69) is 151 Å². The molecule has 0 spiro atoms. The Morgan fingerprint density at radius 1 is 0.531 bits per heavy atom. The Kier molecular flexibility index (Phi) is 7.29. The molecule has 0 saturated carbocycles. The molecule has 0 unspecified atom stereocenters. The molecule has 0 N–H and O–H groups in total. The van der Waals surface area contributed by atoms with Gasteiger partial charge in [-0.15, -0.1) is 0 Å². The summed E-state index contributed by atoms with van der Waals surface area (Å²) in [4.78, 5) is 11.9. The molecule has 232 valence electrons. The fourth-order valence-corrected chi connectivity index (χ4v) is 7.44. The molecule has 3 heteroatoms. The number of anilines is 2. The van der Waals surface area contributed by atoms with Gasteiger partial charge in [0.2, 0.25) is 0 Å². The molecule has 0 saturated heterocycles. The van der Waals surface area contributed by atoms with E-state index < -0.39 is 0 Å². The van der Waals surface area contributed by atoms with Gasteiger partial charge in [-0.3, -0.25) is 4.90 Å². The highest BCUT2D eigenvalue weighted by Crippen LogP contribution is 2.40. The van der Waals surface area contributed by atoms with Gasteiger partial charge in [0.05, 0.1) is 0 Å². The summed E-state index contributed by atoms with van der Waals surface area (Å²) in [6, 6.07) is 43.8. The van der Waals surface area contributed by atoms with E-state index in [1.807, 2.05) is 30.6 Å². The number of hydrogen-bond donors (Lipinski definition) is 0. The molecule has 2 heterocycles. The Hall–Kier alpha value is -6.32. The zero-order valence-electron chi connectivity index (χ0n) is 27.0. The van der Waals surface area contributed by atoms with Crippen molar-refractivity contribution in [3.05, 3.63) is 174 Å². The van der Waals surface area contributed by atoms with Crippen molar-refractivity contribution in [2.45, 2.75) is 12.8 Å². The zero-order valence-corrected chi connectivity index (χ0v) is 27.0. The maximum atomic E-state index is 4.88. The van der Waals surface area contributed by atoms with Gasteiger partial charge in [0.15, 0.2) is 0 Å². The minimum atomic E-state index is 0.796. The van der Waals surface area contributed by atoms with Crippen LogP contribution in [0.15, 0.2) is 169 Å². The summed E-state index contributed by atoms with van der Waals surface area (Å²) in [5, 5.41) is 9.86. The van der Waals surface area contributed by atoms with Crippen LogP contribution in [0.3, 0.4) is 0 Å². The van der Waals surface area contributed by atoms with Crippen LogP contribution >= 0.6 is 0 Å². The van der Waals surface area contributed by atoms with E-state index in [4.69, 9.17) is 9.98 Å². The van der Waals surface area contributed by atoms with E-state index in [0.717, 1.165) is 30.2 Å². The van der Waals surface area contributed by atoms with Crippen LogP contribution in [0.1, 0.15) is 12.8 Å². The van der Waals surface area contributed by atoms with Crippen LogP contribution in [0.2, 0.25) is 0 Å². The molecule has 2 aliphatic rings. The third kappa shape index (κ3) is 5.08. The molecule has 49 heavy (non-hydrogen) atoms. The van der Waals surface area contributed by atoms with Crippen LogP contribution < -0.4 is 15.3 Å². The van der Waals surface area contributed by atoms with Gasteiger partial charge in [0, 0.05) is 18.1 Å². The van der Waals surface area contributed by atoms with E-state index in [0.29, 0.717) is 0 Å². The summed E-state index contributed by atoms with van der Waals surface area (Å²) in [6.07, 6.45) is 20.9. The Morgan fingerprint density at radius 3 is 1.96 bits per heavy atom. The van der Waals surface area contributed by atoms with Crippen molar-refractivity contribution >= 4 is 62.2 Å². The molecule has 1 aliphatic carbocycles. The van der Waals surface area contributed by atoms with Gasteiger partial charge in [-0.1, -0.05) is 127 Å². The smallest absolute Gasteiger partial charge is 0.138 e. The molecule has 9 rings (SSSR count). The highest BCUT2D eigenvalue weighted by atomic mass is 15.3. The first-order valence-electron chi connectivity index (χ1n) is 16.9. The van der Waals surface area contributed by atoms with Crippen molar-refractivity contribution in [1.29, 1.82) is 0 Å². The van der Waals surface area contributed by atoms with Gasteiger partial charge in [0.1, 0.15) is 11.6 Å². The second kappa shape index (κ2) is 12.4. The third-order valence-corrected chi connectivity index (χ3v) is 9.58. The molecular formula is C46H33N3. The highest BCUT2D eigenvalue weighted by Gasteiger charge is 2.21. The van der Waals surface area contributed by atoms with E-state index in [9.17, 15) is 0 Å². The number of aromatic nitrogens is 1. The molecule has 0 fully saturated rings. The standard InChI is InChI=1S/C46H33N3/c1-3-21-39-40(22-4-1)46(38-24-14-18-33-16-7-9-20-36(33)38)42-31-34(49(44-26-10-12-30-48-44)43-25-5-2-11-29-47-43)27-28-41(42)45(39)37-23-13-17-32-15-6-8-19-35(32)37/h1-3,6-31H,4-5H2. The van der Waals surface area contributed by atoms with Gasteiger partial charge in [-0.05, 0) is 114 Å². The van der Waals surface area contributed by atoms with Crippen LogP contribution in [-0.4, -0.2) is 11.2 Å². The summed E-state index contributed by atoms with van der Waals surface area (Å²) < 4.78 is 0. The quantitative estimate of drug-likeness (QED) is 0.190. The number of aliphatic imine (C=N–C) groups is 1. The number of fused-ring (bicyclic) bond motifs is 4. The van der Waals surface area contributed by atoms with Crippen LogP contribution in [0.25, 0.3) is 66.7 Å². The second-order valence-electron chi connectivity index (χ2n) is 12.4. The Morgan fingerprint density at radius 2 is 1.20 bits per heavy atom. The van der Waals surface area contributed by atoms with Crippen molar-refractivity contribution in [2.75, 3.05) is 4.90 Å². The first-order valence-corrected chi connectivity index (χ1v) is 16.9. The lowest BCUT2D eigenvalue weighted by Crippen LogP contribution is -2.29. The lowest BCUT2D eigenvalue weighted by molar-refractivity contribution is 1.06. The van der Waals surface area contributed by atoms with Crippen molar-refractivity contribution < 1.29 is 0 Å². The summed E-state index contributed by atoms with van der Waals surface area (Å²) in [5.74, 6) is 1.68. The molecular weight excluding hydrogens is 595 g/mol. The molecule has 7 aromatic rings. The third-order valence-electron chi connectivity index (χ3n) is 9.58. The molecule has 0 radical (unpaired) electrons. The molecule has 0 bridgehead atoms. The summed E-state index contributed by atoms with van der Waals surface area (Å²) in [7, 11) is 0. The van der Waals surface area contributed by atoms with Gasteiger partial charge in [-0.25, -0.2) is 9.98 Å².